The number of fused-ring (bicyclic) bond motifs is 1. The van der Waals surface area contributed by atoms with Crippen LogP contribution < -0.4 is 11.1 Å². The molecule has 3 rings (SSSR count). The number of hydrogen-bond acceptors (Lipinski definition) is 4. The molecule has 23 heavy (non-hydrogen) atoms. The van der Waals surface area contributed by atoms with E-state index >= 15 is 0 Å². The maximum Gasteiger partial charge on any atom is 0.340 e. The average molecular weight is 310 g/mol. The summed E-state index contributed by atoms with van der Waals surface area (Å²) in [5, 5.41) is 14.2. The lowest BCUT2D eigenvalue weighted by atomic mass is 10.1. The lowest BCUT2D eigenvalue weighted by molar-refractivity contribution is 0.0694. The highest BCUT2D eigenvalue weighted by atomic mass is 16.4. The maximum absolute atomic E-state index is 11.8. The molecule has 0 atom stereocenters. The fourth-order valence-corrected chi connectivity index (χ4v) is 2.58. The fourth-order valence-electron chi connectivity index (χ4n) is 2.58. The summed E-state index contributed by atoms with van der Waals surface area (Å²) in [5.74, 6) is -1.68. The van der Waals surface area contributed by atoms with Crippen molar-refractivity contribution in [1.29, 1.82) is 0 Å². The smallest absolute Gasteiger partial charge is 0.340 e. The van der Waals surface area contributed by atoms with Gasteiger partial charge in [-0.05, 0) is 19.4 Å². The molecule has 1 aromatic carbocycles. The summed E-state index contributed by atoms with van der Waals surface area (Å²) >= 11 is 0. The first-order valence-corrected chi connectivity index (χ1v) is 6.90. The molecular weight excluding hydrogens is 296 g/mol. The number of hydrogen-bond donors (Lipinski definition) is 2. The lowest BCUT2D eigenvalue weighted by Gasteiger charge is -1.97. The van der Waals surface area contributed by atoms with Gasteiger partial charge in [0.25, 0.3) is 5.91 Å². The highest BCUT2D eigenvalue weighted by molar-refractivity contribution is 6.09. The minimum atomic E-state index is -1.26. The normalized spacial score (nSPS) is 10.9. The van der Waals surface area contributed by atoms with E-state index in [2.05, 4.69) is 10.1 Å². The van der Waals surface area contributed by atoms with Gasteiger partial charge in [0.05, 0.1) is 10.9 Å². The Morgan fingerprint density at radius 1 is 1.13 bits per heavy atom. The number of amides is 1. The molecule has 0 aliphatic rings. The number of aromatic carboxylic acids is 1. The molecule has 3 N–H and O–H groups in total. The van der Waals surface area contributed by atoms with Crippen LogP contribution in [0.5, 0.6) is 0 Å². The van der Waals surface area contributed by atoms with Crippen LogP contribution in [0.4, 0.5) is 0 Å². The molecule has 7 nitrogen and oxygen atoms in total. The van der Waals surface area contributed by atoms with Gasteiger partial charge in [-0.25, -0.2) is 14.3 Å². The standard InChI is InChI=1S/C16H14N4O3/c1-8(2)12-10(13(17)21)11(16(22)23)15-18-14(19-20(12)15)9-6-4-3-5-7-9/h3-7H,1-2H3,(H2,17,21)(H,22,23). The first-order chi connectivity index (χ1) is 10.9. The van der Waals surface area contributed by atoms with Crippen molar-refractivity contribution in [3.8, 4) is 11.4 Å². The van der Waals surface area contributed by atoms with E-state index in [-0.39, 0.29) is 16.8 Å². The van der Waals surface area contributed by atoms with E-state index < -0.39 is 11.9 Å². The van der Waals surface area contributed by atoms with Gasteiger partial charge in [-0.1, -0.05) is 30.3 Å². The van der Waals surface area contributed by atoms with Crippen LogP contribution in [0.25, 0.3) is 22.6 Å². The second-order valence-corrected chi connectivity index (χ2v) is 5.30. The van der Waals surface area contributed by atoms with Crippen LogP contribution >= 0.6 is 0 Å². The number of aromatic nitrogens is 3. The van der Waals surface area contributed by atoms with E-state index in [1.54, 1.807) is 13.8 Å². The minimum Gasteiger partial charge on any atom is -0.478 e. The van der Waals surface area contributed by atoms with Crippen molar-refractivity contribution in [3.63, 3.8) is 0 Å². The van der Waals surface area contributed by atoms with Gasteiger partial charge in [0.2, 0.25) is 0 Å². The first kappa shape index (κ1) is 14.7. The molecule has 116 valence electrons. The van der Waals surface area contributed by atoms with E-state index in [4.69, 9.17) is 5.73 Å². The van der Waals surface area contributed by atoms with Crippen LogP contribution in [0.15, 0.2) is 30.3 Å². The van der Waals surface area contributed by atoms with Crippen molar-refractivity contribution in [1.82, 2.24) is 14.6 Å². The molecule has 0 aliphatic heterocycles. The SMILES string of the molecule is CC(C)=c1c(C(N)=O)c(C(=O)O)c2nc(-c3ccccc3)nn12. The third-order valence-electron chi connectivity index (χ3n) is 3.50. The van der Waals surface area contributed by atoms with Crippen molar-refractivity contribution in [2.75, 3.05) is 0 Å². The third kappa shape index (κ3) is 2.22. The molecule has 0 aliphatic carbocycles. The second-order valence-electron chi connectivity index (χ2n) is 5.30. The van der Waals surface area contributed by atoms with Crippen molar-refractivity contribution < 1.29 is 14.7 Å². The molecular formula is C16H14N4O3. The number of primary amides is 1. The third-order valence-corrected chi connectivity index (χ3v) is 3.50. The number of carbonyl (C=O) groups is 2. The molecule has 0 radical (unpaired) electrons. The summed E-state index contributed by atoms with van der Waals surface area (Å²) in [6.07, 6.45) is 0. The van der Waals surface area contributed by atoms with Gasteiger partial charge in [0.15, 0.2) is 11.5 Å². The predicted octanol–water partition coefficient (Wildman–Crippen LogP) is 1.10. The Hall–Kier alpha value is -3.22. The van der Waals surface area contributed by atoms with E-state index in [1.165, 1.54) is 4.52 Å². The van der Waals surface area contributed by atoms with Gasteiger partial charge in [0.1, 0.15) is 5.56 Å². The van der Waals surface area contributed by atoms with E-state index in [0.717, 1.165) is 11.1 Å². The predicted molar refractivity (Wildman–Crippen MR) is 83.9 cm³/mol. The number of rotatable bonds is 3. The summed E-state index contributed by atoms with van der Waals surface area (Å²) in [5.41, 5.74) is 6.69. The molecule has 3 aromatic rings. The Morgan fingerprint density at radius 3 is 2.30 bits per heavy atom. The van der Waals surface area contributed by atoms with Gasteiger partial charge >= 0.3 is 5.97 Å². The van der Waals surface area contributed by atoms with Crippen molar-refractivity contribution in [2.24, 2.45) is 5.73 Å². The highest BCUT2D eigenvalue weighted by Gasteiger charge is 2.27. The monoisotopic (exact) mass is 310 g/mol. The molecule has 0 spiro atoms. The molecule has 2 aromatic heterocycles. The van der Waals surface area contributed by atoms with Crippen molar-refractivity contribution >= 4 is 23.1 Å². The Kier molecular flexibility index (Phi) is 3.33. The number of carbonyl (C=O) groups excluding carboxylic acids is 1. The quantitative estimate of drug-likeness (QED) is 0.752. The van der Waals surface area contributed by atoms with Gasteiger partial charge in [-0.2, -0.15) is 0 Å². The molecule has 1 amide bonds. The Bertz CT molecular complexity index is 986. The maximum atomic E-state index is 11.8. The van der Waals surface area contributed by atoms with Gasteiger partial charge in [0, 0.05) is 5.56 Å². The van der Waals surface area contributed by atoms with Crippen LogP contribution in [0.3, 0.4) is 0 Å². The van der Waals surface area contributed by atoms with Crippen LogP contribution in [0.1, 0.15) is 34.6 Å². The molecule has 0 saturated heterocycles. The topological polar surface area (TPSA) is 111 Å². The first-order valence-electron chi connectivity index (χ1n) is 6.90. The second kappa shape index (κ2) is 5.20. The largest absolute Gasteiger partial charge is 0.478 e. The zero-order valence-corrected chi connectivity index (χ0v) is 12.6. The number of benzene rings is 1. The molecule has 0 bridgehead atoms. The Morgan fingerprint density at radius 2 is 1.78 bits per heavy atom. The number of carboxylic acid groups (broad SMARTS) is 1. The zero-order chi connectivity index (χ0) is 16.7. The fraction of sp³-hybridized carbons (Fsp3) is 0.125. The van der Waals surface area contributed by atoms with Crippen LogP contribution in [-0.2, 0) is 0 Å². The van der Waals surface area contributed by atoms with Gasteiger partial charge in [-0.15, -0.1) is 5.10 Å². The number of nitrogens with zero attached hydrogens (tertiary/aromatic N) is 3. The van der Waals surface area contributed by atoms with Crippen LogP contribution in [0.2, 0.25) is 0 Å². The highest BCUT2D eigenvalue weighted by Crippen LogP contribution is 2.20. The number of carboxylic acids is 1. The van der Waals surface area contributed by atoms with Crippen LogP contribution in [0, 0.1) is 0 Å². The minimum absolute atomic E-state index is 0.0629. The molecule has 2 heterocycles. The summed E-state index contributed by atoms with van der Waals surface area (Å²) < 4.78 is 1.38. The number of nitrogens with two attached hydrogens (primary N) is 1. The molecule has 0 fully saturated rings. The molecule has 0 saturated carbocycles. The van der Waals surface area contributed by atoms with E-state index in [1.807, 2.05) is 30.3 Å². The van der Waals surface area contributed by atoms with E-state index in [9.17, 15) is 14.7 Å². The van der Waals surface area contributed by atoms with E-state index in [0.29, 0.717) is 11.2 Å². The van der Waals surface area contributed by atoms with Crippen LogP contribution in [-0.4, -0.2) is 31.6 Å². The summed E-state index contributed by atoms with van der Waals surface area (Å²) in [7, 11) is 0. The van der Waals surface area contributed by atoms with Gasteiger partial charge < -0.3 is 10.8 Å². The van der Waals surface area contributed by atoms with Gasteiger partial charge in [-0.3, -0.25) is 4.79 Å². The summed E-state index contributed by atoms with van der Waals surface area (Å²) in [6.45, 7) is 3.52. The Balaban J connectivity index is 2.45. The Labute approximate surface area is 131 Å². The van der Waals surface area contributed by atoms with Crippen molar-refractivity contribution in [2.45, 2.75) is 13.8 Å². The zero-order valence-electron chi connectivity index (χ0n) is 12.6. The molecule has 7 heteroatoms. The lowest BCUT2D eigenvalue weighted by Crippen LogP contribution is -2.26. The summed E-state index contributed by atoms with van der Waals surface area (Å²) in [4.78, 5) is 27.7. The summed E-state index contributed by atoms with van der Waals surface area (Å²) in [6, 6.07) is 9.19. The molecule has 0 unspecified atom stereocenters. The van der Waals surface area contributed by atoms with Crippen molar-refractivity contribution in [3.05, 3.63) is 46.8 Å². The average Bonchev–Trinajstić information content (AvgIpc) is 3.03.